The molecule has 0 aliphatic heterocycles. The first-order valence-electron chi connectivity index (χ1n) is 4.15. The van der Waals surface area contributed by atoms with E-state index in [0.717, 1.165) is 19.4 Å². The van der Waals surface area contributed by atoms with E-state index in [1.807, 2.05) is 11.9 Å². The zero-order chi connectivity index (χ0) is 9.03. The fourth-order valence-electron chi connectivity index (χ4n) is 1.48. The Balaban J connectivity index is 2.31. The van der Waals surface area contributed by atoms with Crippen LogP contribution in [-0.2, 0) is 0 Å². The van der Waals surface area contributed by atoms with E-state index in [1.54, 1.807) is 0 Å². The number of rotatable bonds is 4. The molecule has 1 aliphatic carbocycles. The van der Waals surface area contributed by atoms with E-state index in [2.05, 4.69) is 12.1 Å². The molecule has 0 aromatic heterocycles. The van der Waals surface area contributed by atoms with Crippen LogP contribution in [0.3, 0.4) is 0 Å². The third-order valence-corrected chi connectivity index (χ3v) is 2.36. The van der Waals surface area contributed by atoms with Gasteiger partial charge >= 0.3 is 0 Å². The molecule has 0 aromatic carbocycles. The summed E-state index contributed by atoms with van der Waals surface area (Å²) in [5, 5.41) is 17.0. The summed E-state index contributed by atoms with van der Waals surface area (Å²) in [4.78, 5) is 1.99. The Bertz CT molecular complexity index is 229. The van der Waals surface area contributed by atoms with Gasteiger partial charge in [-0.25, -0.2) is 0 Å². The monoisotopic (exact) mass is 163 g/mol. The third kappa shape index (κ3) is 2.22. The Morgan fingerprint density at radius 3 is 2.42 bits per heavy atom. The minimum absolute atomic E-state index is 0.236. The molecule has 0 saturated heterocycles. The molecule has 0 unspecified atom stereocenters. The van der Waals surface area contributed by atoms with Gasteiger partial charge in [-0.3, -0.25) is 4.90 Å². The summed E-state index contributed by atoms with van der Waals surface area (Å²) in [6, 6.07) is 4.31. The van der Waals surface area contributed by atoms with Gasteiger partial charge in [-0.2, -0.15) is 10.5 Å². The zero-order valence-corrected chi connectivity index (χ0v) is 7.38. The normalized spacial score (nSPS) is 18.3. The van der Waals surface area contributed by atoms with Gasteiger partial charge in [0.15, 0.2) is 0 Å². The number of hydrogen-bond acceptors (Lipinski definition) is 3. The van der Waals surface area contributed by atoms with Crippen molar-refractivity contribution in [2.45, 2.75) is 19.3 Å². The van der Waals surface area contributed by atoms with Crippen molar-refractivity contribution >= 4 is 0 Å². The Kier molecular flexibility index (Phi) is 2.68. The zero-order valence-electron chi connectivity index (χ0n) is 7.38. The maximum absolute atomic E-state index is 8.55. The van der Waals surface area contributed by atoms with Gasteiger partial charge in [0, 0.05) is 13.0 Å². The van der Waals surface area contributed by atoms with Crippen molar-refractivity contribution in [2.75, 3.05) is 20.1 Å². The van der Waals surface area contributed by atoms with Crippen LogP contribution in [0.2, 0.25) is 0 Å². The summed E-state index contributed by atoms with van der Waals surface area (Å²) in [5.41, 5.74) is 0.236. The minimum Gasteiger partial charge on any atom is -0.293 e. The molecule has 1 saturated carbocycles. The van der Waals surface area contributed by atoms with Crippen molar-refractivity contribution in [2.24, 2.45) is 5.41 Å². The van der Waals surface area contributed by atoms with Gasteiger partial charge in [0.2, 0.25) is 0 Å². The van der Waals surface area contributed by atoms with Gasteiger partial charge in [0.25, 0.3) is 0 Å². The molecule has 0 N–H and O–H groups in total. The quantitative estimate of drug-likeness (QED) is 0.584. The molecule has 0 heterocycles. The molecule has 0 aromatic rings. The summed E-state index contributed by atoms with van der Waals surface area (Å²) in [5.74, 6) is 0. The molecule has 0 amide bonds. The fraction of sp³-hybridized carbons (Fsp3) is 0.778. The average Bonchev–Trinajstić information content (AvgIpc) is 2.70. The largest absolute Gasteiger partial charge is 0.293 e. The highest BCUT2D eigenvalue weighted by Gasteiger charge is 2.42. The number of nitrogens with zero attached hydrogens (tertiary/aromatic N) is 3. The van der Waals surface area contributed by atoms with Crippen LogP contribution < -0.4 is 0 Å². The molecule has 3 nitrogen and oxygen atoms in total. The van der Waals surface area contributed by atoms with Gasteiger partial charge in [0.1, 0.15) is 0 Å². The van der Waals surface area contributed by atoms with Gasteiger partial charge in [-0.1, -0.05) is 0 Å². The molecule has 1 aliphatic rings. The molecule has 0 bridgehead atoms. The minimum atomic E-state index is 0.236. The average molecular weight is 163 g/mol. The SMILES string of the molecule is CN(CC#N)CC1(CC#N)CC1. The maximum Gasteiger partial charge on any atom is 0.0863 e. The van der Waals surface area contributed by atoms with E-state index in [9.17, 15) is 0 Å². The highest BCUT2D eigenvalue weighted by molar-refractivity contribution is 5.01. The summed E-state index contributed by atoms with van der Waals surface area (Å²) in [6.07, 6.45) is 2.94. The molecule has 0 radical (unpaired) electrons. The standard InChI is InChI=1S/C9H13N3/c1-12(7-6-11)8-9(2-3-9)4-5-10/h2-4,7-8H2,1H3. The molecule has 64 valence electrons. The van der Waals surface area contributed by atoms with Gasteiger partial charge in [-0.15, -0.1) is 0 Å². The molecule has 12 heavy (non-hydrogen) atoms. The highest BCUT2D eigenvalue weighted by Crippen LogP contribution is 2.48. The predicted octanol–water partition coefficient (Wildman–Crippen LogP) is 1.14. The summed E-state index contributed by atoms with van der Waals surface area (Å²) in [6.45, 7) is 1.36. The Morgan fingerprint density at radius 2 is 2.00 bits per heavy atom. The molecule has 1 rings (SSSR count). The van der Waals surface area contributed by atoms with Gasteiger partial charge in [-0.05, 0) is 25.3 Å². The lowest BCUT2D eigenvalue weighted by molar-refractivity contribution is 0.290. The summed E-state index contributed by atoms with van der Waals surface area (Å²) in [7, 11) is 1.93. The summed E-state index contributed by atoms with van der Waals surface area (Å²) >= 11 is 0. The lowest BCUT2D eigenvalue weighted by atomic mass is 10.0. The topological polar surface area (TPSA) is 50.8 Å². The first-order valence-corrected chi connectivity index (χ1v) is 4.15. The molecular formula is C9H13N3. The Labute approximate surface area is 73.2 Å². The van der Waals surface area contributed by atoms with Gasteiger partial charge < -0.3 is 0 Å². The first-order chi connectivity index (χ1) is 5.72. The van der Waals surface area contributed by atoms with Crippen LogP contribution in [-0.4, -0.2) is 25.0 Å². The second-order valence-corrected chi connectivity index (χ2v) is 3.67. The molecule has 0 atom stereocenters. The molecule has 0 spiro atoms. The van der Waals surface area contributed by atoms with Crippen LogP contribution in [0.4, 0.5) is 0 Å². The third-order valence-electron chi connectivity index (χ3n) is 2.36. The highest BCUT2D eigenvalue weighted by atomic mass is 15.1. The fourth-order valence-corrected chi connectivity index (χ4v) is 1.48. The maximum atomic E-state index is 8.55. The molecule has 1 fully saturated rings. The van der Waals surface area contributed by atoms with Crippen LogP contribution in [0.5, 0.6) is 0 Å². The van der Waals surface area contributed by atoms with Crippen LogP contribution in [0.25, 0.3) is 0 Å². The predicted molar refractivity (Wildman–Crippen MR) is 45.0 cm³/mol. The van der Waals surface area contributed by atoms with E-state index < -0.39 is 0 Å². The molecular weight excluding hydrogens is 150 g/mol. The van der Waals surface area contributed by atoms with E-state index in [1.165, 1.54) is 0 Å². The smallest absolute Gasteiger partial charge is 0.0863 e. The van der Waals surface area contributed by atoms with Crippen molar-refractivity contribution in [1.29, 1.82) is 10.5 Å². The van der Waals surface area contributed by atoms with Crippen molar-refractivity contribution in [1.82, 2.24) is 4.90 Å². The number of hydrogen-bond donors (Lipinski definition) is 0. The van der Waals surface area contributed by atoms with Crippen LogP contribution in [0.15, 0.2) is 0 Å². The van der Waals surface area contributed by atoms with Crippen LogP contribution in [0.1, 0.15) is 19.3 Å². The van der Waals surface area contributed by atoms with Crippen LogP contribution >= 0.6 is 0 Å². The first kappa shape index (κ1) is 9.03. The van der Waals surface area contributed by atoms with E-state index in [0.29, 0.717) is 13.0 Å². The molecule has 3 heteroatoms. The van der Waals surface area contributed by atoms with Crippen molar-refractivity contribution < 1.29 is 0 Å². The number of nitriles is 2. The van der Waals surface area contributed by atoms with Crippen molar-refractivity contribution in [3.05, 3.63) is 0 Å². The Hall–Kier alpha value is -1.06. The van der Waals surface area contributed by atoms with Crippen LogP contribution in [0, 0.1) is 28.1 Å². The van der Waals surface area contributed by atoms with E-state index in [4.69, 9.17) is 10.5 Å². The second-order valence-electron chi connectivity index (χ2n) is 3.67. The summed E-state index contributed by atoms with van der Waals surface area (Å²) < 4.78 is 0. The van der Waals surface area contributed by atoms with Crippen molar-refractivity contribution in [3.8, 4) is 12.1 Å². The van der Waals surface area contributed by atoms with Gasteiger partial charge in [0.05, 0.1) is 18.7 Å². The van der Waals surface area contributed by atoms with Crippen molar-refractivity contribution in [3.63, 3.8) is 0 Å². The lowest BCUT2D eigenvalue weighted by Gasteiger charge is -2.18. The van der Waals surface area contributed by atoms with E-state index in [-0.39, 0.29) is 5.41 Å². The second kappa shape index (κ2) is 3.56. The Morgan fingerprint density at radius 1 is 1.33 bits per heavy atom. The lowest BCUT2D eigenvalue weighted by Crippen LogP contribution is -2.26. The van der Waals surface area contributed by atoms with E-state index >= 15 is 0 Å².